The molecule has 3 aromatic carbocycles. The van der Waals surface area contributed by atoms with Crippen LogP contribution in [0.4, 0.5) is 11.4 Å². The van der Waals surface area contributed by atoms with E-state index in [2.05, 4.69) is 28.1 Å². The average Bonchev–Trinajstić information content (AvgIpc) is 2.84. The van der Waals surface area contributed by atoms with Crippen molar-refractivity contribution >= 4 is 23.2 Å². The number of methoxy groups -OCH3 is 1. The zero-order valence-electron chi connectivity index (χ0n) is 18.7. The largest absolute Gasteiger partial charge is 0.493 e. The molecular weight excluding hydrogens is 418 g/mol. The number of carbonyl (C=O) groups is 2. The summed E-state index contributed by atoms with van der Waals surface area (Å²) in [7, 11) is 1.58. The molecule has 0 saturated carbocycles. The molecule has 33 heavy (non-hydrogen) atoms. The minimum Gasteiger partial charge on any atom is -0.493 e. The minimum absolute atomic E-state index is 0.104. The highest BCUT2D eigenvalue weighted by molar-refractivity contribution is 5.96. The monoisotopic (exact) mass is 447 g/mol. The van der Waals surface area contributed by atoms with E-state index in [4.69, 9.17) is 9.47 Å². The van der Waals surface area contributed by atoms with Crippen molar-refractivity contribution in [3.8, 4) is 5.75 Å². The lowest BCUT2D eigenvalue weighted by atomic mass is 10.2. The summed E-state index contributed by atoms with van der Waals surface area (Å²) in [4.78, 5) is 24.3. The molecule has 0 atom stereocenters. The summed E-state index contributed by atoms with van der Waals surface area (Å²) >= 11 is 0. The predicted octanol–water partition coefficient (Wildman–Crippen LogP) is 3.73. The number of carbonyl (C=O) groups excluding carboxylic acids is 2. The maximum absolute atomic E-state index is 12.3. The van der Waals surface area contributed by atoms with E-state index in [0.717, 1.165) is 17.9 Å². The van der Waals surface area contributed by atoms with Crippen LogP contribution in [0.2, 0.25) is 0 Å². The summed E-state index contributed by atoms with van der Waals surface area (Å²) in [6, 6.07) is 24.4. The molecule has 7 heteroatoms. The van der Waals surface area contributed by atoms with Gasteiger partial charge in [-0.3, -0.25) is 9.59 Å². The SMILES string of the molecule is COCCNC(=O)c1ccc(NC(=O)CNc2cccc(OCCc3ccccc3)c2)cc1. The third-order valence-electron chi connectivity index (χ3n) is 4.81. The Kier molecular flexibility index (Phi) is 9.29. The molecule has 0 fully saturated rings. The summed E-state index contributed by atoms with van der Waals surface area (Å²) in [5.74, 6) is 0.371. The Morgan fingerprint density at radius 2 is 1.64 bits per heavy atom. The first-order valence-electron chi connectivity index (χ1n) is 10.8. The number of anilines is 2. The number of amides is 2. The zero-order chi connectivity index (χ0) is 23.3. The van der Waals surface area contributed by atoms with Gasteiger partial charge in [0.25, 0.3) is 5.91 Å². The van der Waals surface area contributed by atoms with Gasteiger partial charge in [-0.05, 0) is 42.0 Å². The van der Waals surface area contributed by atoms with Gasteiger partial charge in [0.05, 0.1) is 19.8 Å². The Labute approximate surface area is 194 Å². The van der Waals surface area contributed by atoms with E-state index >= 15 is 0 Å². The molecule has 3 N–H and O–H groups in total. The normalized spacial score (nSPS) is 10.3. The lowest BCUT2D eigenvalue weighted by Gasteiger charge is -2.11. The van der Waals surface area contributed by atoms with Crippen molar-refractivity contribution in [1.29, 1.82) is 0 Å². The molecule has 2 amide bonds. The zero-order valence-corrected chi connectivity index (χ0v) is 18.7. The first-order chi connectivity index (χ1) is 16.1. The molecule has 0 aliphatic carbocycles. The van der Waals surface area contributed by atoms with Crippen LogP contribution < -0.4 is 20.7 Å². The van der Waals surface area contributed by atoms with E-state index in [1.807, 2.05) is 42.5 Å². The minimum atomic E-state index is -0.192. The number of hydrogen-bond acceptors (Lipinski definition) is 5. The molecule has 0 heterocycles. The number of hydrogen-bond donors (Lipinski definition) is 3. The maximum atomic E-state index is 12.3. The standard InChI is InChI=1S/C26H29N3O4/c1-32-17-15-27-26(31)21-10-12-22(13-11-21)29-25(30)19-28-23-8-5-9-24(18-23)33-16-14-20-6-3-2-4-7-20/h2-13,18,28H,14-17,19H2,1H3,(H,27,31)(H,29,30). The van der Waals surface area contributed by atoms with E-state index < -0.39 is 0 Å². The number of benzene rings is 3. The van der Waals surface area contributed by atoms with Crippen molar-refractivity contribution in [3.05, 3.63) is 90.0 Å². The van der Waals surface area contributed by atoms with Crippen LogP contribution in [0.15, 0.2) is 78.9 Å². The molecule has 3 aromatic rings. The van der Waals surface area contributed by atoms with E-state index in [9.17, 15) is 9.59 Å². The summed E-state index contributed by atoms with van der Waals surface area (Å²) in [5.41, 5.74) is 3.16. The number of ether oxygens (including phenoxy) is 2. The van der Waals surface area contributed by atoms with Crippen LogP contribution in [0, 0.1) is 0 Å². The Morgan fingerprint density at radius 3 is 2.39 bits per heavy atom. The Bertz CT molecular complexity index is 1020. The molecule has 172 valence electrons. The molecule has 0 aliphatic heterocycles. The lowest BCUT2D eigenvalue weighted by molar-refractivity contribution is -0.114. The Hall–Kier alpha value is -3.84. The van der Waals surface area contributed by atoms with Crippen molar-refractivity contribution in [2.45, 2.75) is 6.42 Å². The van der Waals surface area contributed by atoms with Gasteiger partial charge in [-0.15, -0.1) is 0 Å². The maximum Gasteiger partial charge on any atom is 0.251 e. The van der Waals surface area contributed by atoms with Gasteiger partial charge >= 0.3 is 0 Å². The molecular formula is C26H29N3O4. The smallest absolute Gasteiger partial charge is 0.251 e. The fraction of sp³-hybridized carbons (Fsp3) is 0.231. The van der Waals surface area contributed by atoms with Crippen molar-refractivity contribution < 1.29 is 19.1 Å². The molecule has 0 unspecified atom stereocenters. The van der Waals surface area contributed by atoms with Gasteiger partial charge in [-0.2, -0.15) is 0 Å². The highest BCUT2D eigenvalue weighted by atomic mass is 16.5. The summed E-state index contributed by atoms with van der Waals surface area (Å²) in [6.07, 6.45) is 0.828. The van der Waals surface area contributed by atoms with Crippen LogP contribution in [-0.2, 0) is 16.0 Å². The Balaban J connectivity index is 1.42. The summed E-state index contributed by atoms with van der Waals surface area (Å²) in [6.45, 7) is 1.58. The highest BCUT2D eigenvalue weighted by Gasteiger charge is 2.07. The van der Waals surface area contributed by atoms with Gasteiger partial charge in [0.15, 0.2) is 0 Å². The molecule has 0 aliphatic rings. The molecule has 0 bridgehead atoms. The van der Waals surface area contributed by atoms with E-state index in [-0.39, 0.29) is 18.4 Å². The predicted molar refractivity (Wildman–Crippen MR) is 130 cm³/mol. The van der Waals surface area contributed by atoms with Crippen LogP contribution in [0.3, 0.4) is 0 Å². The molecule has 0 aromatic heterocycles. The highest BCUT2D eigenvalue weighted by Crippen LogP contribution is 2.18. The van der Waals surface area contributed by atoms with Crippen molar-refractivity contribution in [2.75, 3.05) is 44.0 Å². The topological polar surface area (TPSA) is 88.7 Å². The van der Waals surface area contributed by atoms with Gasteiger partial charge in [0.1, 0.15) is 5.75 Å². The van der Waals surface area contributed by atoms with Crippen LogP contribution in [0.1, 0.15) is 15.9 Å². The van der Waals surface area contributed by atoms with E-state index in [0.29, 0.717) is 31.0 Å². The molecule has 0 saturated heterocycles. The van der Waals surface area contributed by atoms with Gasteiger partial charge in [0.2, 0.25) is 5.91 Å². The van der Waals surface area contributed by atoms with E-state index in [1.165, 1.54) is 5.56 Å². The first-order valence-corrected chi connectivity index (χ1v) is 10.8. The Morgan fingerprint density at radius 1 is 0.848 bits per heavy atom. The molecule has 7 nitrogen and oxygen atoms in total. The first kappa shape index (κ1) is 23.8. The van der Waals surface area contributed by atoms with Gasteiger partial charge in [0, 0.05) is 43.1 Å². The average molecular weight is 448 g/mol. The van der Waals surface area contributed by atoms with Crippen molar-refractivity contribution in [3.63, 3.8) is 0 Å². The molecule has 3 rings (SSSR count). The fourth-order valence-corrected chi connectivity index (χ4v) is 3.09. The summed E-state index contributed by atoms with van der Waals surface area (Å²) in [5, 5.41) is 8.67. The number of rotatable bonds is 12. The van der Waals surface area contributed by atoms with Crippen molar-refractivity contribution in [2.24, 2.45) is 0 Å². The van der Waals surface area contributed by atoms with Gasteiger partial charge in [-0.1, -0.05) is 36.4 Å². The second-order valence-corrected chi connectivity index (χ2v) is 7.34. The van der Waals surface area contributed by atoms with E-state index in [1.54, 1.807) is 31.4 Å². The lowest BCUT2D eigenvalue weighted by Crippen LogP contribution is -2.27. The van der Waals surface area contributed by atoms with Crippen LogP contribution in [-0.4, -0.2) is 45.2 Å². The second-order valence-electron chi connectivity index (χ2n) is 7.34. The van der Waals surface area contributed by atoms with Gasteiger partial charge < -0.3 is 25.4 Å². The second kappa shape index (κ2) is 12.9. The van der Waals surface area contributed by atoms with Gasteiger partial charge in [-0.25, -0.2) is 0 Å². The third kappa shape index (κ3) is 8.31. The van der Waals surface area contributed by atoms with Crippen LogP contribution in [0.5, 0.6) is 5.75 Å². The quantitative estimate of drug-likeness (QED) is 0.368. The molecule has 0 spiro atoms. The van der Waals surface area contributed by atoms with Crippen molar-refractivity contribution in [1.82, 2.24) is 5.32 Å². The number of nitrogens with one attached hydrogen (secondary N) is 3. The van der Waals surface area contributed by atoms with Crippen LogP contribution >= 0.6 is 0 Å². The summed E-state index contributed by atoms with van der Waals surface area (Å²) < 4.78 is 10.7. The van der Waals surface area contributed by atoms with Crippen LogP contribution in [0.25, 0.3) is 0 Å². The fourth-order valence-electron chi connectivity index (χ4n) is 3.09. The molecule has 0 radical (unpaired) electrons. The third-order valence-corrected chi connectivity index (χ3v) is 4.81.